The number of ketones is 1. The van der Waals surface area contributed by atoms with E-state index in [1.54, 1.807) is 6.92 Å². The van der Waals surface area contributed by atoms with Gasteiger partial charge in [-0.05, 0) is 26.2 Å². The van der Waals surface area contributed by atoms with Crippen molar-refractivity contribution in [3.63, 3.8) is 0 Å². The van der Waals surface area contributed by atoms with Crippen LogP contribution in [0.5, 0.6) is 0 Å². The van der Waals surface area contributed by atoms with Crippen molar-refractivity contribution in [1.29, 1.82) is 0 Å². The molecule has 1 N–H and O–H groups in total. The van der Waals surface area contributed by atoms with Crippen LogP contribution in [-0.2, 0) is 9.59 Å². The molecular formula is C11H21NO2. The fraction of sp³-hybridized carbons (Fsp3) is 0.818. The number of amides is 1. The van der Waals surface area contributed by atoms with E-state index in [0.29, 0.717) is 12.8 Å². The number of carbonyl (C=O) groups is 2. The summed E-state index contributed by atoms with van der Waals surface area (Å²) in [6, 6.07) is 0.163. The normalized spacial score (nSPS) is 11.6. The third kappa shape index (κ3) is 6.63. The van der Waals surface area contributed by atoms with E-state index in [-0.39, 0.29) is 23.1 Å². The lowest BCUT2D eigenvalue weighted by Crippen LogP contribution is -2.34. The third-order valence-electron chi connectivity index (χ3n) is 1.82. The SMILES string of the molecule is CC(=O)CC(C)(C)CC(=O)NC(C)C. The number of carbonyl (C=O) groups excluding carboxylic acids is 2. The van der Waals surface area contributed by atoms with Crippen LogP contribution in [0.25, 0.3) is 0 Å². The molecule has 0 saturated carbocycles. The molecule has 0 spiro atoms. The van der Waals surface area contributed by atoms with Crippen molar-refractivity contribution in [3.8, 4) is 0 Å². The van der Waals surface area contributed by atoms with Crippen LogP contribution in [0.1, 0.15) is 47.5 Å². The molecule has 14 heavy (non-hydrogen) atoms. The van der Waals surface area contributed by atoms with E-state index in [1.807, 2.05) is 27.7 Å². The Morgan fingerprint density at radius 3 is 2.07 bits per heavy atom. The zero-order valence-corrected chi connectivity index (χ0v) is 9.81. The Bertz CT molecular complexity index is 219. The zero-order valence-electron chi connectivity index (χ0n) is 9.81. The molecule has 0 heterocycles. The number of hydrogen-bond acceptors (Lipinski definition) is 2. The summed E-state index contributed by atoms with van der Waals surface area (Å²) in [6.45, 7) is 9.29. The van der Waals surface area contributed by atoms with Gasteiger partial charge in [-0.15, -0.1) is 0 Å². The minimum atomic E-state index is -0.231. The maximum Gasteiger partial charge on any atom is 0.220 e. The predicted octanol–water partition coefficient (Wildman–Crippen LogP) is 1.91. The van der Waals surface area contributed by atoms with Gasteiger partial charge in [0, 0.05) is 18.9 Å². The van der Waals surface area contributed by atoms with E-state index >= 15 is 0 Å². The molecule has 0 aromatic rings. The van der Waals surface area contributed by atoms with Gasteiger partial charge in [0.25, 0.3) is 0 Å². The van der Waals surface area contributed by atoms with Gasteiger partial charge in [-0.1, -0.05) is 13.8 Å². The Morgan fingerprint density at radius 2 is 1.71 bits per heavy atom. The summed E-state index contributed by atoms with van der Waals surface area (Å²) in [5, 5.41) is 2.82. The van der Waals surface area contributed by atoms with Gasteiger partial charge in [0.05, 0.1) is 0 Å². The summed E-state index contributed by atoms with van der Waals surface area (Å²) in [7, 11) is 0. The average molecular weight is 199 g/mol. The molecule has 3 nitrogen and oxygen atoms in total. The highest BCUT2D eigenvalue weighted by molar-refractivity contribution is 5.80. The van der Waals surface area contributed by atoms with Crippen LogP contribution in [0.3, 0.4) is 0 Å². The lowest BCUT2D eigenvalue weighted by Gasteiger charge is -2.23. The van der Waals surface area contributed by atoms with Gasteiger partial charge in [0.1, 0.15) is 5.78 Å². The molecule has 0 rings (SSSR count). The number of rotatable bonds is 5. The molecule has 0 aromatic carbocycles. The first kappa shape index (κ1) is 13.1. The molecule has 0 bridgehead atoms. The van der Waals surface area contributed by atoms with E-state index in [1.165, 1.54) is 0 Å². The molecule has 82 valence electrons. The van der Waals surface area contributed by atoms with Gasteiger partial charge in [0.15, 0.2) is 0 Å². The molecule has 0 unspecified atom stereocenters. The largest absolute Gasteiger partial charge is 0.354 e. The van der Waals surface area contributed by atoms with Crippen LogP contribution in [0.2, 0.25) is 0 Å². The Morgan fingerprint density at radius 1 is 1.21 bits per heavy atom. The van der Waals surface area contributed by atoms with Crippen molar-refractivity contribution in [2.45, 2.75) is 53.5 Å². The average Bonchev–Trinajstić information content (AvgIpc) is 1.77. The summed E-state index contributed by atoms with van der Waals surface area (Å²) in [4.78, 5) is 22.4. The molecule has 0 radical (unpaired) electrons. The van der Waals surface area contributed by atoms with Crippen molar-refractivity contribution < 1.29 is 9.59 Å². The van der Waals surface area contributed by atoms with Crippen molar-refractivity contribution in [1.82, 2.24) is 5.32 Å². The Hall–Kier alpha value is -0.860. The Labute approximate surface area is 86.3 Å². The highest BCUT2D eigenvalue weighted by Gasteiger charge is 2.23. The van der Waals surface area contributed by atoms with Crippen LogP contribution in [0, 0.1) is 5.41 Å². The maximum atomic E-state index is 11.4. The van der Waals surface area contributed by atoms with E-state index in [2.05, 4.69) is 5.32 Å². The second-order valence-electron chi connectivity index (χ2n) is 4.94. The van der Waals surface area contributed by atoms with Crippen molar-refractivity contribution >= 4 is 11.7 Å². The molecular weight excluding hydrogens is 178 g/mol. The smallest absolute Gasteiger partial charge is 0.220 e. The standard InChI is InChI=1S/C11H21NO2/c1-8(2)12-10(14)7-11(4,5)6-9(3)13/h8H,6-7H2,1-5H3,(H,12,14). The molecule has 0 aliphatic carbocycles. The lowest BCUT2D eigenvalue weighted by atomic mass is 9.84. The summed E-state index contributed by atoms with van der Waals surface area (Å²) >= 11 is 0. The summed E-state index contributed by atoms with van der Waals surface area (Å²) in [5.41, 5.74) is -0.231. The van der Waals surface area contributed by atoms with E-state index in [0.717, 1.165) is 0 Å². The van der Waals surface area contributed by atoms with Gasteiger partial charge < -0.3 is 10.1 Å². The van der Waals surface area contributed by atoms with Crippen molar-refractivity contribution in [3.05, 3.63) is 0 Å². The Kier molecular flexibility index (Phi) is 4.81. The fourth-order valence-electron chi connectivity index (χ4n) is 1.54. The fourth-order valence-corrected chi connectivity index (χ4v) is 1.54. The number of nitrogens with one attached hydrogen (secondary N) is 1. The Balaban J connectivity index is 4.08. The maximum absolute atomic E-state index is 11.4. The summed E-state index contributed by atoms with van der Waals surface area (Å²) in [5.74, 6) is 0.151. The second kappa shape index (κ2) is 5.13. The van der Waals surface area contributed by atoms with Gasteiger partial charge in [-0.3, -0.25) is 4.79 Å². The first-order chi connectivity index (χ1) is 6.23. The van der Waals surface area contributed by atoms with E-state index in [4.69, 9.17) is 0 Å². The molecule has 0 aromatic heterocycles. The van der Waals surface area contributed by atoms with Gasteiger partial charge in [-0.25, -0.2) is 0 Å². The highest BCUT2D eigenvalue weighted by Crippen LogP contribution is 2.25. The molecule has 0 saturated heterocycles. The second-order valence-corrected chi connectivity index (χ2v) is 4.94. The van der Waals surface area contributed by atoms with Crippen LogP contribution in [0.15, 0.2) is 0 Å². The molecule has 1 amide bonds. The number of hydrogen-bond donors (Lipinski definition) is 1. The molecule has 0 atom stereocenters. The van der Waals surface area contributed by atoms with Gasteiger partial charge in [0.2, 0.25) is 5.91 Å². The first-order valence-electron chi connectivity index (χ1n) is 5.02. The molecule has 0 aliphatic heterocycles. The summed E-state index contributed by atoms with van der Waals surface area (Å²) in [6.07, 6.45) is 0.864. The quantitative estimate of drug-likeness (QED) is 0.735. The zero-order chi connectivity index (χ0) is 11.4. The minimum absolute atomic E-state index is 0.0197. The topological polar surface area (TPSA) is 46.2 Å². The minimum Gasteiger partial charge on any atom is -0.354 e. The van der Waals surface area contributed by atoms with Crippen LogP contribution in [-0.4, -0.2) is 17.7 Å². The predicted molar refractivity (Wildman–Crippen MR) is 57.0 cm³/mol. The van der Waals surface area contributed by atoms with E-state index < -0.39 is 0 Å². The highest BCUT2D eigenvalue weighted by atomic mass is 16.1. The van der Waals surface area contributed by atoms with Gasteiger partial charge >= 0.3 is 0 Å². The first-order valence-corrected chi connectivity index (χ1v) is 5.02. The monoisotopic (exact) mass is 199 g/mol. The van der Waals surface area contributed by atoms with Gasteiger partial charge in [-0.2, -0.15) is 0 Å². The molecule has 0 aliphatic rings. The summed E-state index contributed by atoms with van der Waals surface area (Å²) < 4.78 is 0. The van der Waals surface area contributed by atoms with Crippen LogP contribution >= 0.6 is 0 Å². The van der Waals surface area contributed by atoms with E-state index in [9.17, 15) is 9.59 Å². The third-order valence-corrected chi connectivity index (χ3v) is 1.82. The number of Topliss-reactive ketones (excluding diaryl/α,β-unsaturated/α-hetero) is 1. The molecule has 0 fully saturated rings. The van der Waals surface area contributed by atoms with Crippen LogP contribution in [0.4, 0.5) is 0 Å². The van der Waals surface area contributed by atoms with Crippen molar-refractivity contribution in [2.75, 3.05) is 0 Å². The van der Waals surface area contributed by atoms with Crippen molar-refractivity contribution in [2.24, 2.45) is 5.41 Å². The van der Waals surface area contributed by atoms with Crippen LogP contribution < -0.4 is 5.32 Å². The molecule has 3 heteroatoms. The lowest BCUT2D eigenvalue weighted by molar-refractivity contribution is -0.124.